The third-order valence-electron chi connectivity index (χ3n) is 3.30. The van der Waals surface area contributed by atoms with Gasteiger partial charge in [0, 0.05) is 12.1 Å². The number of sulfonamides is 1. The highest BCUT2D eigenvalue weighted by atomic mass is 35.5. The zero-order valence-corrected chi connectivity index (χ0v) is 15.0. The summed E-state index contributed by atoms with van der Waals surface area (Å²) in [6, 6.07) is 8.69. The smallest absolute Gasteiger partial charge is 0.255 e. The van der Waals surface area contributed by atoms with Crippen LogP contribution in [0, 0.1) is 6.92 Å². The highest BCUT2D eigenvalue weighted by Gasteiger charge is 2.20. The number of halogens is 1. The zero-order chi connectivity index (χ0) is 18.6. The van der Waals surface area contributed by atoms with Crippen molar-refractivity contribution in [3.05, 3.63) is 65.2 Å². The molecule has 0 aliphatic heterocycles. The number of phenols is 1. The van der Waals surface area contributed by atoms with Gasteiger partial charge in [0.2, 0.25) is 10.0 Å². The maximum Gasteiger partial charge on any atom is 0.255 e. The summed E-state index contributed by atoms with van der Waals surface area (Å²) in [6.07, 6.45) is 1.39. The Morgan fingerprint density at radius 1 is 1.28 bits per heavy atom. The van der Waals surface area contributed by atoms with Gasteiger partial charge in [-0.25, -0.2) is 13.1 Å². The molecule has 2 aromatic rings. The van der Waals surface area contributed by atoms with Crippen molar-refractivity contribution in [2.45, 2.75) is 11.8 Å². The van der Waals surface area contributed by atoms with Crippen molar-refractivity contribution in [1.29, 1.82) is 0 Å². The quantitative estimate of drug-likeness (QED) is 0.530. The number of rotatable bonds is 6. The van der Waals surface area contributed by atoms with E-state index in [9.17, 15) is 18.3 Å². The Morgan fingerprint density at radius 2 is 2.00 bits per heavy atom. The van der Waals surface area contributed by atoms with E-state index in [0.717, 1.165) is 5.56 Å². The highest BCUT2D eigenvalue weighted by Crippen LogP contribution is 2.26. The third-order valence-corrected chi connectivity index (χ3v) is 5.21. The lowest BCUT2D eigenvalue weighted by atomic mass is 10.2. The summed E-state index contributed by atoms with van der Waals surface area (Å²) >= 11 is 5.95. The van der Waals surface area contributed by atoms with Crippen molar-refractivity contribution < 1.29 is 18.3 Å². The number of hydrogen-bond donors (Lipinski definition) is 3. The van der Waals surface area contributed by atoms with Crippen LogP contribution in [0.5, 0.6) is 5.75 Å². The number of anilines is 1. The summed E-state index contributed by atoms with van der Waals surface area (Å²) in [4.78, 5) is 12.1. The SMILES string of the molecule is C=CCNS(=O)(=O)c1cc(C(=O)Nc2ccc(C)cc2O)ccc1Cl. The van der Waals surface area contributed by atoms with Crippen molar-refractivity contribution in [3.8, 4) is 5.75 Å². The number of carbonyl (C=O) groups excluding carboxylic acids is 1. The topological polar surface area (TPSA) is 95.5 Å². The molecule has 0 saturated carbocycles. The first-order valence-corrected chi connectivity index (χ1v) is 9.12. The first kappa shape index (κ1) is 19.0. The van der Waals surface area contributed by atoms with E-state index in [4.69, 9.17) is 11.6 Å². The van der Waals surface area contributed by atoms with Gasteiger partial charge in [0.25, 0.3) is 5.91 Å². The van der Waals surface area contributed by atoms with Crippen LogP contribution < -0.4 is 10.0 Å². The van der Waals surface area contributed by atoms with E-state index in [1.807, 2.05) is 0 Å². The fourth-order valence-corrected chi connectivity index (χ4v) is 3.56. The van der Waals surface area contributed by atoms with E-state index in [0.29, 0.717) is 0 Å². The summed E-state index contributed by atoms with van der Waals surface area (Å²) in [7, 11) is -3.88. The maximum absolute atomic E-state index is 12.4. The number of carbonyl (C=O) groups is 1. The molecular formula is C17H17ClN2O4S. The Bertz CT molecular complexity index is 926. The zero-order valence-electron chi connectivity index (χ0n) is 13.4. The molecule has 2 aromatic carbocycles. The predicted molar refractivity (Wildman–Crippen MR) is 97.6 cm³/mol. The average Bonchev–Trinajstić information content (AvgIpc) is 2.55. The molecule has 0 aliphatic rings. The Morgan fingerprint density at radius 3 is 2.64 bits per heavy atom. The normalized spacial score (nSPS) is 11.1. The predicted octanol–water partition coefficient (Wildman–Crippen LogP) is 3.07. The molecule has 0 unspecified atom stereocenters. The molecule has 0 atom stereocenters. The summed E-state index contributed by atoms with van der Waals surface area (Å²) in [6.45, 7) is 5.28. The molecule has 25 heavy (non-hydrogen) atoms. The van der Waals surface area contributed by atoms with Crippen LogP contribution >= 0.6 is 11.6 Å². The molecule has 132 valence electrons. The Kier molecular flexibility index (Phi) is 5.84. The van der Waals surface area contributed by atoms with Gasteiger partial charge in [-0.3, -0.25) is 4.79 Å². The van der Waals surface area contributed by atoms with E-state index < -0.39 is 15.9 Å². The molecule has 8 heteroatoms. The first-order valence-electron chi connectivity index (χ1n) is 7.25. The minimum Gasteiger partial charge on any atom is -0.506 e. The summed E-state index contributed by atoms with van der Waals surface area (Å²) in [5.74, 6) is -0.654. The van der Waals surface area contributed by atoms with Crippen molar-refractivity contribution in [1.82, 2.24) is 4.72 Å². The second-order valence-electron chi connectivity index (χ2n) is 5.26. The number of benzene rings is 2. The van der Waals surface area contributed by atoms with Gasteiger partial charge in [-0.2, -0.15) is 0 Å². The van der Waals surface area contributed by atoms with E-state index in [1.165, 1.54) is 30.3 Å². The fourth-order valence-electron chi connectivity index (χ4n) is 2.04. The van der Waals surface area contributed by atoms with Gasteiger partial charge in [0.15, 0.2) is 0 Å². The molecule has 1 amide bonds. The van der Waals surface area contributed by atoms with Crippen molar-refractivity contribution in [2.24, 2.45) is 0 Å². The molecule has 0 radical (unpaired) electrons. The van der Waals surface area contributed by atoms with Gasteiger partial charge in [0.05, 0.1) is 10.7 Å². The minimum atomic E-state index is -3.88. The Hall–Kier alpha value is -2.35. The third kappa shape index (κ3) is 4.60. The lowest BCUT2D eigenvalue weighted by Gasteiger charge is -2.11. The van der Waals surface area contributed by atoms with Crippen LogP contribution in [0.2, 0.25) is 5.02 Å². The lowest BCUT2D eigenvalue weighted by Crippen LogP contribution is -2.24. The first-order chi connectivity index (χ1) is 11.7. The van der Waals surface area contributed by atoms with E-state index in [1.54, 1.807) is 19.1 Å². The van der Waals surface area contributed by atoms with Gasteiger partial charge < -0.3 is 10.4 Å². The lowest BCUT2D eigenvalue weighted by molar-refractivity contribution is 0.102. The second-order valence-corrected chi connectivity index (χ2v) is 7.40. The number of hydrogen-bond acceptors (Lipinski definition) is 4. The molecule has 0 fully saturated rings. The molecule has 0 aliphatic carbocycles. The van der Waals surface area contributed by atoms with Crippen LogP contribution in [-0.4, -0.2) is 26.0 Å². The van der Waals surface area contributed by atoms with E-state index in [-0.39, 0.29) is 33.5 Å². The number of amides is 1. The van der Waals surface area contributed by atoms with Crippen molar-refractivity contribution in [2.75, 3.05) is 11.9 Å². The molecule has 0 saturated heterocycles. The molecule has 6 nitrogen and oxygen atoms in total. The molecule has 0 heterocycles. The molecule has 0 bridgehead atoms. The van der Waals surface area contributed by atoms with E-state index >= 15 is 0 Å². The summed E-state index contributed by atoms with van der Waals surface area (Å²) in [5, 5.41) is 12.4. The number of aromatic hydroxyl groups is 1. The van der Waals surface area contributed by atoms with Gasteiger partial charge >= 0.3 is 0 Å². The molecule has 0 spiro atoms. The number of aryl methyl sites for hydroxylation is 1. The average molecular weight is 381 g/mol. The number of phenolic OH excluding ortho intramolecular Hbond substituents is 1. The minimum absolute atomic E-state index is 0.00806. The largest absolute Gasteiger partial charge is 0.506 e. The summed E-state index contributed by atoms with van der Waals surface area (Å²) < 4.78 is 26.7. The van der Waals surface area contributed by atoms with E-state index in [2.05, 4.69) is 16.6 Å². The molecule has 3 N–H and O–H groups in total. The van der Waals surface area contributed by atoms with Gasteiger partial charge in [0.1, 0.15) is 10.6 Å². The molecule has 0 aromatic heterocycles. The standard InChI is InChI=1S/C17H17ClN2O4S/c1-3-8-19-25(23,24)16-10-12(5-6-13(16)18)17(22)20-14-7-4-11(2)9-15(14)21/h3-7,9-10,19,21H,1,8H2,2H3,(H,20,22). The summed E-state index contributed by atoms with van der Waals surface area (Å²) in [5.41, 5.74) is 1.15. The van der Waals surface area contributed by atoms with Crippen LogP contribution in [0.4, 0.5) is 5.69 Å². The van der Waals surface area contributed by atoms with Gasteiger partial charge in [-0.15, -0.1) is 6.58 Å². The Balaban J connectivity index is 2.32. The highest BCUT2D eigenvalue weighted by molar-refractivity contribution is 7.89. The fraction of sp³-hybridized carbons (Fsp3) is 0.118. The van der Waals surface area contributed by atoms with Crippen LogP contribution in [0.25, 0.3) is 0 Å². The monoisotopic (exact) mass is 380 g/mol. The van der Waals surface area contributed by atoms with Gasteiger partial charge in [-0.1, -0.05) is 23.7 Å². The Labute approximate surface area is 151 Å². The molecule has 2 rings (SSSR count). The number of nitrogens with one attached hydrogen (secondary N) is 2. The second kappa shape index (κ2) is 7.69. The van der Waals surface area contributed by atoms with Crippen LogP contribution in [0.15, 0.2) is 53.9 Å². The maximum atomic E-state index is 12.4. The van der Waals surface area contributed by atoms with Crippen molar-refractivity contribution >= 4 is 33.2 Å². The van der Waals surface area contributed by atoms with Crippen LogP contribution in [-0.2, 0) is 10.0 Å². The van der Waals surface area contributed by atoms with Crippen molar-refractivity contribution in [3.63, 3.8) is 0 Å². The molecular weight excluding hydrogens is 364 g/mol. The van der Waals surface area contributed by atoms with Crippen LogP contribution in [0.3, 0.4) is 0 Å². The van der Waals surface area contributed by atoms with Gasteiger partial charge in [-0.05, 0) is 42.8 Å². The van der Waals surface area contributed by atoms with Crippen LogP contribution in [0.1, 0.15) is 15.9 Å².